The maximum Gasteiger partial charge on any atom is 0.0196 e. The fourth-order valence-corrected chi connectivity index (χ4v) is 2.80. The van der Waals surface area contributed by atoms with Crippen LogP contribution in [-0.2, 0) is 0 Å². The van der Waals surface area contributed by atoms with Gasteiger partial charge in [-0.05, 0) is 59.0 Å². The molecule has 0 spiro atoms. The van der Waals surface area contributed by atoms with Gasteiger partial charge in [0.1, 0.15) is 0 Å². The molecule has 1 heterocycles. The lowest BCUT2D eigenvalue weighted by molar-refractivity contribution is -0.00489. The SMILES string of the molecule is CCC(C)N1CCCC(CN)C1(C)C. The molecule has 1 fully saturated rings. The lowest BCUT2D eigenvalue weighted by Gasteiger charge is -2.50. The largest absolute Gasteiger partial charge is 0.330 e. The number of nitrogens with zero attached hydrogens (tertiary/aromatic N) is 1. The first kappa shape index (κ1) is 12.0. The van der Waals surface area contributed by atoms with Gasteiger partial charge in [0, 0.05) is 11.6 Å². The number of hydrogen-bond acceptors (Lipinski definition) is 2. The van der Waals surface area contributed by atoms with Gasteiger partial charge in [0.05, 0.1) is 0 Å². The predicted octanol–water partition coefficient (Wildman–Crippen LogP) is 2.23. The molecule has 0 aliphatic carbocycles. The Morgan fingerprint density at radius 3 is 2.64 bits per heavy atom. The zero-order valence-electron chi connectivity index (χ0n) is 10.2. The van der Waals surface area contributed by atoms with E-state index in [-0.39, 0.29) is 0 Å². The molecule has 2 heteroatoms. The fraction of sp³-hybridized carbons (Fsp3) is 1.00. The molecule has 1 rings (SSSR count). The third kappa shape index (κ3) is 2.12. The Morgan fingerprint density at radius 1 is 1.50 bits per heavy atom. The smallest absolute Gasteiger partial charge is 0.0196 e. The van der Waals surface area contributed by atoms with Gasteiger partial charge in [-0.3, -0.25) is 4.90 Å². The van der Waals surface area contributed by atoms with E-state index in [1.165, 1.54) is 25.8 Å². The van der Waals surface area contributed by atoms with E-state index in [4.69, 9.17) is 5.73 Å². The zero-order chi connectivity index (χ0) is 10.8. The van der Waals surface area contributed by atoms with Crippen molar-refractivity contribution in [2.24, 2.45) is 11.7 Å². The van der Waals surface area contributed by atoms with Crippen molar-refractivity contribution in [3.05, 3.63) is 0 Å². The summed E-state index contributed by atoms with van der Waals surface area (Å²) in [5, 5.41) is 0. The molecule has 1 aliphatic heterocycles. The topological polar surface area (TPSA) is 29.3 Å². The van der Waals surface area contributed by atoms with E-state index in [1.807, 2.05) is 0 Å². The lowest BCUT2D eigenvalue weighted by Crippen LogP contribution is -2.58. The van der Waals surface area contributed by atoms with Crippen molar-refractivity contribution in [1.82, 2.24) is 4.90 Å². The molecule has 1 aliphatic rings. The zero-order valence-corrected chi connectivity index (χ0v) is 10.2. The molecule has 2 unspecified atom stereocenters. The van der Waals surface area contributed by atoms with Gasteiger partial charge >= 0.3 is 0 Å². The second-order valence-electron chi connectivity index (χ2n) is 5.18. The van der Waals surface area contributed by atoms with Gasteiger partial charge in [-0.2, -0.15) is 0 Å². The van der Waals surface area contributed by atoms with Crippen LogP contribution in [0.3, 0.4) is 0 Å². The van der Waals surface area contributed by atoms with Gasteiger partial charge in [-0.1, -0.05) is 6.92 Å². The van der Waals surface area contributed by atoms with Crippen LogP contribution in [0.15, 0.2) is 0 Å². The van der Waals surface area contributed by atoms with Crippen LogP contribution in [0.4, 0.5) is 0 Å². The Hall–Kier alpha value is -0.0800. The lowest BCUT2D eigenvalue weighted by atomic mass is 9.78. The first-order valence-corrected chi connectivity index (χ1v) is 6.00. The van der Waals surface area contributed by atoms with E-state index in [0.717, 1.165) is 6.54 Å². The van der Waals surface area contributed by atoms with E-state index < -0.39 is 0 Å². The highest BCUT2D eigenvalue weighted by Crippen LogP contribution is 2.34. The van der Waals surface area contributed by atoms with Gasteiger partial charge in [0.25, 0.3) is 0 Å². The molecule has 2 atom stereocenters. The summed E-state index contributed by atoms with van der Waals surface area (Å²) in [6.07, 6.45) is 3.85. The highest BCUT2D eigenvalue weighted by molar-refractivity contribution is 4.94. The first-order valence-electron chi connectivity index (χ1n) is 6.00. The number of nitrogens with two attached hydrogens (primary N) is 1. The molecule has 0 bridgehead atoms. The van der Waals surface area contributed by atoms with Gasteiger partial charge in [-0.25, -0.2) is 0 Å². The van der Waals surface area contributed by atoms with Gasteiger partial charge in [0.15, 0.2) is 0 Å². The third-order valence-corrected chi connectivity index (χ3v) is 4.10. The molecular weight excluding hydrogens is 172 g/mol. The summed E-state index contributed by atoms with van der Waals surface area (Å²) in [4.78, 5) is 2.65. The Balaban J connectivity index is 2.74. The molecule has 14 heavy (non-hydrogen) atoms. The second-order valence-corrected chi connectivity index (χ2v) is 5.18. The summed E-state index contributed by atoms with van der Waals surface area (Å²) in [6, 6.07) is 0.694. The quantitative estimate of drug-likeness (QED) is 0.753. The molecule has 0 radical (unpaired) electrons. The average molecular weight is 198 g/mol. The third-order valence-electron chi connectivity index (χ3n) is 4.10. The Bertz CT molecular complexity index is 177. The highest BCUT2D eigenvalue weighted by Gasteiger charge is 2.39. The fourth-order valence-electron chi connectivity index (χ4n) is 2.80. The number of piperidine rings is 1. The molecule has 1 saturated heterocycles. The van der Waals surface area contributed by atoms with Crippen LogP contribution >= 0.6 is 0 Å². The summed E-state index contributed by atoms with van der Waals surface area (Å²) in [5.74, 6) is 0.672. The summed E-state index contributed by atoms with van der Waals surface area (Å²) >= 11 is 0. The molecule has 0 amide bonds. The molecular formula is C12H26N2. The van der Waals surface area contributed by atoms with Gasteiger partial charge < -0.3 is 5.73 Å². The van der Waals surface area contributed by atoms with E-state index in [2.05, 4.69) is 32.6 Å². The minimum Gasteiger partial charge on any atom is -0.330 e. The standard InChI is InChI=1S/C12H26N2/c1-5-10(2)14-8-6-7-11(9-13)12(14,3)4/h10-11H,5-9,13H2,1-4H3. The second kappa shape index (κ2) is 4.63. The van der Waals surface area contributed by atoms with Crippen LogP contribution in [0.5, 0.6) is 0 Å². The molecule has 0 aromatic heterocycles. The van der Waals surface area contributed by atoms with Crippen molar-refractivity contribution in [2.45, 2.75) is 58.5 Å². The number of rotatable bonds is 3. The van der Waals surface area contributed by atoms with E-state index >= 15 is 0 Å². The van der Waals surface area contributed by atoms with E-state index in [1.54, 1.807) is 0 Å². The van der Waals surface area contributed by atoms with Crippen LogP contribution in [0.25, 0.3) is 0 Å². The molecule has 0 aromatic rings. The number of hydrogen-bond donors (Lipinski definition) is 1. The Morgan fingerprint density at radius 2 is 2.14 bits per heavy atom. The number of likely N-dealkylation sites (tertiary alicyclic amines) is 1. The van der Waals surface area contributed by atoms with Crippen molar-refractivity contribution < 1.29 is 0 Å². The van der Waals surface area contributed by atoms with Crippen LogP contribution in [0.2, 0.25) is 0 Å². The monoisotopic (exact) mass is 198 g/mol. The molecule has 0 aromatic carbocycles. The summed E-state index contributed by atoms with van der Waals surface area (Å²) in [5.41, 5.74) is 6.15. The van der Waals surface area contributed by atoms with Crippen LogP contribution in [-0.4, -0.2) is 29.6 Å². The normalized spacial score (nSPS) is 30.2. The maximum absolute atomic E-state index is 5.86. The summed E-state index contributed by atoms with van der Waals surface area (Å²) in [6.45, 7) is 11.4. The molecule has 2 N–H and O–H groups in total. The minimum absolute atomic E-state index is 0.294. The van der Waals surface area contributed by atoms with Crippen LogP contribution in [0.1, 0.15) is 47.0 Å². The maximum atomic E-state index is 5.86. The van der Waals surface area contributed by atoms with Gasteiger partial charge in [-0.15, -0.1) is 0 Å². The molecule has 84 valence electrons. The van der Waals surface area contributed by atoms with Crippen molar-refractivity contribution in [1.29, 1.82) is 0 Å². The van der Waals surface area contributed by atoms with Crippen molar-refractivity contribution in [2.75, 3.05) is 13.1 Å². The Kier molecular flexibility index (Phi) is 3.96. The Labute approximate surface area is 88.8 Å². The van der Waals surface area contributed by atoms with E-state index in [0.29, 0.717) is 17.5 Å². The average Bonchev–Trinajstić information content (AvgIpc) is 2.16. The molecule has 2 nitrogen and oxygen atoms in total. The summed E-state index contributed by atoms with van der Waals surface area (Å²) < 4.78 is 0. The van der Waals surface area contributed by atoms with Crippen LogP contribution in [0, 0.1) is 5.92 Å². The van der Waals surface area contributed by atoms with E-state index in [9.17, 15) is 0 Å². The van der Waals surface area contributed by atoms with Crippen molar-refractivity contribution in [3.8, 4) is 0 Å². The first-order chi connectivity index (χ1) is 6.54. The predicted molar refractivity (Wildman–Crippen MR) is 62.3 cm³/mol. The summed E-state index contributed by atoms with van der Waals surface area (Å²) in [7, 11) is 0. The molecule has 0 saturated carbocycles. The van der Waals surface area contributed by atoms with Gasteiger partial charge in [0.2, 0.25) is 0 Å². The highest BCUT2D eigenvalue weighted by atomic mass is 15.2. The van der Waals surface area contributed by atoms with Crippen molar-refractivity contribution >= 4 is 0 Å². The van der Waals surface area contributed by atoms with Crippen LogP contribution < -0.4 is 5.73 Å². The minimum atomic E-state index is 0.294. The van der Waals surface area contributed by atoms with Crippen molar-refractivity contribution in [3.63, 3.8) is 0 Å².